The molecule has 4 rings (SSSR count). The van der Waals surface area contributed by atoms with Crippen LogP contribution in [0.2, 0.25) is 0 Å². The smallest absolute Gasteiger partial charge is 0.265 e. The summed E-state index contributed by atoms with van der Waals surface area (Å²) in [4.78, 5) is 20.0. The Morgan fingerprint density at radius 2 is 2.19 bits per heavy atom. The fourth-order valence-corrected chi connectivity index (χ4v) is 4.66. The quantitative estimate of drug-likeness (QED) is 0.721. The Balaban J connectivity index is 1.57. The second-order valence-electron chi connectivity index (χ2n) is 6.84. The van der Waals surface area contributed by atoms with E-state index in [9.17, 15) is 4.79 Å². The number of aromatic nitrogens is 3. The summed E-state index contributed by atoms with van der Waals surface area (Å²) in [6.45, 7) is 3.45. The number of hydrogen-bond donors (Lipinski definition) is 2. The average Bonchev–Trinajstić information content (AvgIpc) is 3.34. The van der Waals surface area contributed by atoms with E-state index in [2.05, 4.69) is 27.3 Å². The predicted octanol–water partition coefficient (Wildman–Crippen LogP) is 3.70. The number of piperidine rings is 1. The van der Waals surface area contributed by atoms with E-state index in [1.165, 1.54) is 11.3 Å². The molecule has 1 aliphatic heterocycles. The molecule has 0 bridgehead atoms. The van der Waals surface area contributed by atoms with Gasteiger partial charge in [0.05, 0.1) is 11.9 Å². The van der Waals surface area contributed by atoms with Gasteiger partial charge < -0.3 is 10.6 Å². The molecule has 27 heavy (non-hydrogen) atoms. The highest BCUT2D eigenvalue weighted by molar-refractivity contribution is 7.17. The van der Waals surface area contributed by atoms with E-state index in [4.69, 9.17) is 5.73 Å². The highest BCUT2D eigenvalue weighted by atomic mass is 32.1. The maximum atomic E-state index is 13.1. The number of nitrogens with zero attached hydrogens (tertiary/aromatic N) is 3. The molecule has 2 aromatic heterocycles. The van der Waals surface area contributed by atoms with Gasteiger partial charge in [0.15, 0.2) is 5.13 Å². The van der Waals surface area contributed by atoms with Crippen LogP contribution < -0.4 is 5.73 Å². The SMILES string of the molecule is CCc1nc(N)sc1C(=O)N1CCC[C@H](c2[nH]ncc2-c2ccccc2)C1. The summed E-state index contributed by atoms with van der Waals surface area (Å²) in [5.41, 5.74) is 10.0. The van der Waals surface area contributed by atoms with Crippen LogP contribution in [-0.2, 0) is 6.42 Å². The van der Waals surface area contributed by atoms with E-state index >= 15 is 0 Å². The molecule has 140 valence electrons. The Bertz CT molecular complexity index is 933. The van der Waals surface area contributed by atoms with Crippen molar-refractivity contribution >= 4 is 22.4 Å². The van der Waals surface area contributed by atoms with Gasteiger partial charge in [0, 0.05) is 30.3 Å². The van der Waals surface area contributed by atoms with Gasteiger partial charge in [-0.25, -0.2) is 4.98 Å². The van der Waals surface area contributed by atoms with E-state index < -0.39 is 0 Å². The lowest BCUT2D eigenvalue weighted by molar-refractivity contribution is 0.0709. The molecule has 3 N–H and O–H groups in total. The lowest BCUT2D eigenvalue weighted by Gasteiger charge is -2.32. The first-order chi connectivity index (χ1) is 13.2. The van der Waals surface area contributed by atoms with Gasteiger partial charge in [-0.2, -0.15) is 5.10 Å². The van der Waals surface area contributed by atoms with Crippen LogP contribution in [0.25, 0.3) is 11.1 Å². The van der Waals surface area contributed by atoms with Crippen LogP contribution in [0.1, 0.15) is 46.7 Å². The molecule has 1 fully saturated rings. The molecule has 3 aromatic rings. The van der Waals surface area contributed by atoms with E-state index in [1.807, 2.05) is 36.2 Å². The third-order valence-electron chi connectivity index (χ3n) is 5.11. The van der Waals surface area contributed by atoms with Crippen LogP contribution in [0.5, 0.6) is 0 Å². The Morgan fingerprint density at radius 3 is 2.96 bits per heavy atom. The molecule has 0 aliphatic carbocycles. The maximum absolute atomic E-state index is 13.1. The molecule has 7 heteroatoms. The summed E-state index contributed by atoms with van der Waals surface area (Å²) in [5.74, 6) is 0.294. The predicted molar refractivity (Wildman–Crippen MR) is 108 cm³/mol. The van der Waals surface area contributed by atoms with Crippen molar-refractivity contribution in [3.63, 3.8) is 0 Å². The van der Waals surface area contributed by atoms with Crippen molar-refractivity contribution in [3.05, 3.63) is 52.8 Å². The van der Waals surface area contributed by atoms with Crippen molar-refractivity contribution in [2.75, 3.05) is 18.8 Å². The van der Waals surface area contributed by atoms with Crippen molar-refractivity contribution in [2.24, 2.45) is 0 Å². The van der Waals surface area contributed by atoms with E-state index in [0.29, 0.717) is 23.0 Å². The summed E-state index contributed by atoms with van der Waals surface area (Å²) in [7, 11) is 0. The highest BCUT2D eigenvalue weighted by Crippen LogP contribution is 2.34. The van der Waals surface area contributed by atoms with Crippen molar-refractivity contribution in [2.45, 2.75) is 32.1 Å². The van der Waals surface area contributed by atoms with Crippen LogP contribution in [0.4, 0.5) is 5.13 Å². The number of anilines is 1. The van der Waals surface area contributed by atoms with Crippen LogP contribution in [-0.4, -0.2) is 39.1 Å². The van der Waals surface area contributed by atoms with Crippen LogP contribution in [0.3, 0.4) is 0 Å². The number of H-pyrrole nitrogens is 1. The fourth-order valence-electron chi connectivity index (χ4n) is 3.77. The zero-order chi connectivity index (χ0) is 18.8. The number of thiazole rings is 1. The van der Waals surface area contributed by atoms with Crippen molar-refractivity contribution < 1.29 is 4.79 Å². The molecule has 0 radical (unpaired) electrons. The first-order valence-corrected chi connectivity index (χ1v) is 10.1. The molecule has 1 saturated heterocycles. The van der Waals surface area contributed by atoms with Gasteiger partial charge in [-0.15, -0.1) is 0 Å². The molecule has 0 saturated carbocycles. The average molecular weight is 382 g/mol. The van der Waals surface area contributed by atoms with Crippen molar-refractivity contribution in [1.82, 2.24) is 20.1 Å². The number of likely N-dealkylation sites (tertiary alicyclic amines) is 1. The van der Waals surface area contributed by atoms with Gasteiger partial charge in [0.1, 0.15) is 4.88 Å². The van der Waals surface area contributed by atoms with Crippen LogP contribution >= 0.6 is 11.3 Å². The number of hydrogen-bond acceptors (Lipinski definition) is 5. The molecule has 1 aromatic carbocycles. The molecular formula is C20H23N5OS. The Kier molecular flexibility index (Phi) is 4.94. The van der Waals surface area contributed by atoms with Gasteiger partial charge in [-0.1, -0.05) is 48.6 Å². The van der Waals surface area contributed by atoms with Crippen molar-refractivity contribution in [3.8, 4) is 11.1 Å². The summed E-state index contributed by atoms with van der Waals surface area (Å²) in [6, 6.07) is 10.3. The summed E-state index contributed by atoms with van der Waals surface area (Å²) < 4.78 is 0. The Labute approximate surface area is 162 Å². The first kappa shape index (κ1) is 17.7. The molecule has 1 atom stereocenters. The third kappa shape index (κ3) is 3.47. The van der Waals surface area contributed by atoms with E-state index in [1.54, 1.807) is 0 Å². The van der Waals surface area contributed by atoms with Crippen LogP contribution in [0.15, 0.2) is 36.5 Å². The lowest BCUT2D eigenvalue weighted by atomic mass is 9.90. The van der Waals surface area contributed by atoms with E-state index in [-0.39, 0.29) is 11.8 Å². The largest absolute Gasteiger partial charge is 0.375 e. The molecule has 1 amide bonds. The number of aromatic amines is 1. The maximum Gasteiger partial charge on any atom is 0.265 e. The van der Waals surface area contributed by atoms with Crippen LogP contribution in [0, 0.1) is 0 Å². The molecule has 0 spiro atoms. The summed E-state index contributed by atoms with van der Waals surface area (Å²) >= 11 is 1.29. The first-order valence-electron chi connectivity index (χ1n) is 9.30. The fraction of sp³-hybridized carbons (Fsp3) is 0.350. The lowest BCUT2D eigenvalue weighted by Crippen LogP contribution is -2.39. The minimum Gasteiger partial charge on any atom is -0.375 e. The van der Waals surface area contributed by atoms with Gasteiger partial charge in [0.25, 0.3) is 5.91 Å². The number of carbonyl (C=O) groups excluding carboxylic acids is 1. The second-order valence-corrected chi connectivity index (χ2v) is 7.87. The molecule has 1 aliphatic rings. The number of nitrogens with one attached hydrogen (secondary N) is 1. The number of nitrogen functional groups attached to an aromatic ring is 1. The minimum atomic E-state index is 0.0477. The van der Waals surface area contributed by atoms with Crippen molar-refractivity contribution in [1.29, 1.82) is 0 Å². The minimum absolute atomic E-state index is 0.0477. The van der Waals surface area contributed by atoms with Gasteiger partial charge in [-0.05, 0) is 24.8 Å². The number of rotatable bonds is 4. The summed E-state index contributed by atoms with van der Waals surface area (Å²) in [6.07, 6.45) is 4.60. The third-order valence-corrected chi connectivity index (χ3v) is 6.03. The molecular weight excluding hydrogens is 358 g/mol. The normalized spacial score (nSPS) is 17.2. The number of aryl methyl sites for hydroxylation is 1. The number of nitrogens with two attached hydrogens (primary N) is 1. The number of carbonyl (C=O) groups is 1. The van der Waals surface area contributed by atoms with E-state index in [0.717, 1.165) is 41.9 Å². The van der Waals surface area contributed by atoms with Gasteiger partial charge in [-0.3, -0.25) is 9.89 Å². The van der Waals surface area contributed by atoms with Gasteiger partial charge >= 0.3 is 0 Å². The Hall–Kier alpha value is -2.67. The Morgan fingerprint density at radius 1 is 1.37 bits per heavy atom. The molecule has 3 heterocycles. The molecule has 0 unspecified atom stereocenters. The highest BCUT2D eigenvalue weighted by Gasteiger charge is 2.30. The number of benzene rings is 1. The number of amides is 1. The standard InChI is InChI=1S/C20H23N5OS/c1-2-16-18(27-20(21)23-16)19(26)25-10-6-9-14(12-25)17-15(11-22-24-17)13-7-4-3-5-8-13/h3-5,7-8,11,14H,2,6,9-10,12H2,1H3,(H2,21,23)(H,22,24)/t14-/m0/s1. The topological polar surface area (TPSA) is 87.9 Å². The molecule has 6 nitrogen and oxygen atoms in total. The zero-order valence-corrected chi connectivity index (χ0v) is 16.1. The van der Waals surface area contributed by atoms with Gasteiger partial charge in [0.2, 0.25) is 0 Å². The zero-order valence-electron chi connectivity index (χ0n) is 15.3. The second kappa shape index (κ2) is 7.52. The monoisotopic (exact) mass is 381 g/mol. The summed E-state index contributed by atoms with van der Waals surface area (Å²) in [5, 5.41) is 7.92.